The Morgan fingerprint density at radius 3 is 2.08 bits per heavy atom. The summed E-state index contributed by atoms with van der Waals surface area (Å²) >= 11 is 0. The minimum absolute atomic E-state index is 0.564. The number of aliphatic hydroxyl groups is 7. The van der Waals surface area contributed by atoms with Gasteiger partial charge in [-0.1, -0.05) is 0 Å². The van der Waals surface area contributed by atoms with Crippen molar-refractivity contribution < 1.29 is 54.8 Å². The summed E-state index contributed by atoms with van der Waals surface area (Å²) in [6.45, 7) is -0.195. The van der Waals surface area contributed by atoms with Crippen molar-refractivity contribution >= 4 is 5.91 Å². The first-order valence-corrected chi connectivity index (χ1v) is 8.06. The van der Waals surface area contributed by atoms with Crippen LogP contribution in [0.2, 0.25) is 0 Å². The second kappa shape index (κ2) is 8.84. The molecular weight excluding hydrogens is 358 g/mol. The van der Waals surface area contributed by atoms with Gasteiger partial charge in [-0.2, -0.15) is 0 Å². The zero-order chi connectivity index (χ0) is 19.6. The van der Waals surface area contributed by atoms with Crippen molar-refractivity contribution in [2.24, 2.45) is 0 Å². The van der Waals surface area contributed by atoms with Crippen LogP contribution < -0.4 is 5.32 Å². The van der Waals surface area contributed by atoms with Crippen LogP contribution in [0, 0.1) is 0 Å². The summed E-state index contributed by atoms with van der Waals surface area (Å²) in [4.78, 5) is 11.2. The maximum atomic E-state index is 11.2. The molecule has 0 spiro atoms. The second-order valence-electron chi connectivity index (χ2n) is 6.26. The van der Waals surface area contributed by atoms with E-state index in [0.29, 0.717) is 0 Å². The maximum Gasteiger partial charge on any atom is 0.217 e. The molecule has 2 saturated heterocycles. The molecule has 0 radical (unpaired) electrons. The number of hydrogen-bond acceptors (Lipinski definition) is 11. The largest absolute Gasteiger partial charge is 0.394 e. The third-order valence-corrected chi connectivity index (χ3v) is 4.38. The van der Waals surface area contributed by atoms with Crippen LogP contribution in [-0.2, 0) is 19.0 Å². The Morgan fingerprint density at radius 2 is 1.54 bits per heavy atom. The van der Waals surface area contributed by atoms with Crippen molar-refractivity contribution in [1.29, 1.82) is 0 Å². The number of amides is 1. The Labute approximate surface area is 148 Å². The summed E-state index contributed by atoms with van der Waals surface area (Å²) in [7, 11) is 0. The summed E-state index contributed by atoms with van der Waals surface area (Å²) in [5.74, 6) is -0.564. The van der Waals surface area contributed by atoms with E-state index in [4.69, 9.17) is 14.2 Å². The highest BCUT2D eigenvalue weighted by Gasteiger charge is 2.50. The Morgan fingerprint density at radius 1 is 0.923 bits per heavy atom. The van der Waals surface area contributed by atoms with Gasteiger partial charge in [-0.25, -0.2) is 0 Å². The fraction of sp³-hybridized carbons (Fsp3) is 0.929. The third-order valence-electron chi connectivity index (χ3n) is 4.38. The fourth-order valence-corrected chi connectivity index (χ4v) is 2.98. The summed E-state index contributed by atoms with van der Waals surface area (Å²) in [6, 6.07) is -1.29. The van der Waals surface area contributed by atoms with Gasteiger partial charge in [-0.3, -0.25) is 4.79 Å². The molecule has 8 N–H and O–H groups in total. The lowest BCUT2D eigenvalue weighted by Crippen LogP contribution is -2.67. The average Bonchev–Trinajstić information content (AvgIpc) is 2.60. The lowest BCUT2D eigenvalue weighted by Gasteiger charge is -2.46. The normalized spacial score (nSPS) is 46.8. The number of nitrogens with one attached hydrogen (secondary N) is 1. The van der Waals surface area contributed by atoms with E-state index in [-0.39, 0.29) is 0 Å². The van der Waals surface area contributed by atoms with Gasteiger partial charge in [0.05, 0.1) is 13.2 Å². The van der Waals surface area contributed by atoms with Crippen LogP contribution in [0.15, 0.2) is 0 Å². The van der Waals surface area contributed by atoms with Gasteiger partial charge in [0, 0.05) is 6.92 Å². The van der Waals surface area contributed by atoms with Crippen LogP contribution >= 0.6 is 0 Å². The molecule has 26 heavy (non-hydrogen) atoms. The number of ether oxygens (including phenoxy) is 3. The predicted octanol–water partition coefficient (Wildman–Crippen LogP) is -5.25. The van der Waals surface area contributed by atoms with Crippen LogP contribution in [0.3, 0.4) is 0 Å². The molecule has 0 aromatic rings. The summed E-state index contributed by atoms with van der Waals surface area (Å²) in [6.07, 6.45) is -13.6. The minimum Gasteiger partial charge on any atom is -0.394 e. The van der Waals surface area contributed by atoms with Crippen molar-refractivity contribution in [1.82, 2.24) is 5.32 Å². The highest BCUT2D eigenvalue weighted by Crippen LogP contribution is 2.28. The maximum absolute atomic E-state index is 11.2. The SMILES string of the molecule is CC(=O)N[C@@H]1[C@H](O)[C@H](O[C@@H]2O[C@H](CO)[C@@H](O)[C@H](O)[C@@H]2O)[C@@H](CO)O[C@H]1O. The van der Waals surface area contributed by atoms with Gasteiger partial charge in [0.2, 0.25) is 5.91 Å². The Hall–Kier alpha value is -0.930. The quantitative estimate of drug-likeness (QED) is 0.226. The van der Waals surface area contributed by atoms with Crippen molar-refractivity contribution in [3.8, 4) is 0 Å². The molecule has 2 fully saturated rings. The number of carbonyl (C=O) groups is 1. The van der Waals surface area contributed by atoms with E-state index in [1.54, 1.807) is 0 Å². The highest BCUT2D eigenvalue weighted by atomic mass is 16.7. The Kier molecular flexibility index (Phi) is 7.27. The van der Waals surface area contributed by atoms with Crippen LogP contribution in [0.1, 0.15) is 6.92 Å². The number of hydrogen-bond donors (Lipinski definition) is 8. The van der Waals surface area contributed by atoms with Crippen LogP contribution in [0.25, 0.3) is 0 Å². The number of rotatable bonds is 5. The summed E-state index contributed by atoms with van der Waals surface area (Å²) in [5, 5.41) is 70.7. The first kappa shape index (κ1) is 21.4. The molecule has 0 aromatic heterocycles. The molecule has 12 nitrogen and oxygen atoms in total. The number of aliphatic hydroxyl groups excluding tert-OH is 7. The highest BCUT2D eigenvalue weighted by molar-refractivity contribution is 5.73. The molecule has 0 aliphatic carbocycles. The first-order valence-electron chi connectivity index (χ1n) is 8.06. The topological polar surface area (TPSA) is 198 Å². The molecule has 0 saturated carbocycles. The zero-order valence-corrected chi connectivity index (χ0v) is 14.0. The van der Waals surface area contributed by atoms with Crippen LogP contribution in [0.4, 0.5) is 0 Å². The summed E-state index contributed by atoms with van der Waals surface area (Å²) < 4.78 is 15.7. The average molecular weight is 383 g/mol. The van der Waals surface area contributed by atoms with Gasteiger partial charge in [0.1, 0.15) is 48.8 Å². The minimum atomic E-state index is -1.73. The standard InChI is InChI=1S/C14H25NO11/c1-4(18)15-7-9(20)12(6(3-17)24-13(7)23)26-14-11(22)10(21)8(19)5(2-16)25-14/h5-14,16-17,19-23H,2-3H2,1H3,(H,15,18)/t5-,6-,7-,8-,9+,10+,11+,12-,13-,14+/m1/s1. The van der Waals surface area contributed by atoms with Crippen molar-refractivity contribution in [2.75, 3.05) is 13.2 Å². The van der Waals surface area contributed by atoms with E-state index in [1.807, 2.05) is 0 Å². The van der Waals surface area contributed by atoms with Gasteiger partial charge < -0.3 is 55.3 Å². The van der Waals surface area contributed by atoms with Gasteiger partial charge >= 0.3 is 0 Å². The lowest BCUT2D eigenvalue weighted by atomic mass is 9.95. The molecule has 0 aromatic carbocycles. The van der Waals surface area contributed by atoms with E-state index in [0.717, 1.165) is 6.92 Å². The van der Waals surface area contributed by atoms with Gasteiger partial charge in [-0.05, 0) is 0 Å². The molecule has 1 amide bonds. The lowest BCUT2D eigenvalue weighted by molar-refractivity contribution is -0.345. The molecule has 2 heterocycles. The molecule has 0 bridgehead atoms. The van der Waals surface area contributed by atoms with E-state index in [2.05, 4.69) is 5.32 Å². The molecule has 152 valence electrons. The number of carbonyl (C=O) groups excluding carboxylic acids is 1. The van der Waals surface area contributed by atoms with Crippen molar-refractivity contribution in [3.05, 3.63) is 0 Å². The van der Waals surface area contributed by atoms with E-state index in [9.17, 15) is 40.5 Å². The summed E-state index contributed by atoms with van der Waals surface area (Å²) in [5.41, 5.74) is 0. The Bertz CT molecular complexity index is 478. The molecule has 12 heteroatoms. The second-order valence-corrected chi connectivity index (χ2v) is 6.26. The molecule has 0 unspecified atom stereocenters. The zero-order valence-electron chi connectivity index (χ0n) is 14.0. The van der Waals surface area contributed by atoms with Gasteiger partial charge in [-0.15, -0.1) is 0 Å². The van der Waals surface area contributed by atoms with Gasteiger partial charge in [0.25, 0.3) is 0 Å². The van der Waals surface area contributed by atoms with E-state index < -0.39 is 80.5 Å². The van der Waals surface area contributed by atoms with E-state index in [1.165, 1.54) is 0 Å². The Balaban J connectivity index is 2.16. The molecule has 2 rings (SSSR count). The molecule has 2 aliphatic heterocycles. The van der Waals surface area contributed by atoms with E-state index >= 15 is 0 Å². The van der Waals surface area contributed by atoms with Crippen LogP contribution in [0.5, 0.6) is 0 Å². The van der Waals surface area contributed by atoms with Crippen molar-refractivity contribution in [3.63, 3.8) is 0 Å². The monoisotopic (exact) mass is 383 g/mol. The van der Waals surface area contributed by atoms with Crippen LogP contribution in [-0.4, -0.2) is 116 Å². The van der Waals surface area contributed by atoms with Crippen molar-refractivity contribution in [2.45, 2.75) is 68.3 Å². The third kappa shape index (κ3) is 4.31. The molecular formula is C14H25NO11. The first-order chi connectivity index (χ1) is 12.2. The smallest absolute Gasteiger partial charge is 0.217 e. The molecule has 2 aliphatic rings. The van der Waals surface area contributed by atoms with Gasteiger partial charge in [0.15, 0.2) is 12.6 Å². The fourth-order valence-electron chi connectivity index (χ4n) is 2.98. The molecule has 10 atom stereocenters. The predicted molar refractivity (Wildman–Crippen MR) is 80.2 cm³/mol.